The summed E-state index contributed by atoms with van der Waals surface area (Å²) >= 11 is 0. The molecule has 0 fully saturated rings. The van der Waals surface area contributed by atoms with Crippen LogP contribution in [0.4, 0.5) is 28.9 Å². The second-order valence-electron chi connectivity index (χ2n) is 7.89. The Morgan fingerprint density at radius 1 is 1.06 bits per heavy atom. The minimum Gasteiger partial charge on any atom is -0.340 e. The molecule has 8 nitrogen and oxygen atoms in total. The van der Waals surface area contributed by atoms with Gasteiger partial charge in [-0.3, -0.25) is 9.52 Å². The number of H-pyrrole nitrogens is 1. The molecule has 0 aliphatic carbocycles. The van der Waals surface area contributed by atoms with Crippen molar-refractivity contribution >= 4 is 38.5 Å². The van der Waals surface area contributed by atoms with Gasteiger partial charge in [-0.1, -0.05) is 6.92 Å². The molecule has 36 heavy (non-hydrogen) atoms. The van der Waals surface area contributed by atoms with Gasteiger partial charge < -0.3 is 10.3 Å². The number of hydrogen-bond donors (Lipinski definition) is 3. The molecule has 0 spiro atoms. The molecule has 4 rings (SSSR count). The second kappa shape index (κ2) is 9.93. The lowest BCUT2D eigenvalue weighted by atomic mass is 10.1. The molecule has 3 N–H and O–H groups in total. The molecule has 0 saturated heterocycles. The summed E-state index contributed by atoms with van der Waals surface area (Å²) in [5.41, 5.74) is -0.553. The summed E-state index contributed by atoms with van der Waals surface area (Å²) in [6.45, 7) is 1.62. The highest BCUT2D eigenvalue weighted by atomic mass is 32.2. The minimum absolute atomic E-state index is 0.0651. The van der Waals surface area contributed by atoms with Crippen LogP contribution in [0.1, 0.15) is 35.1 Å². The summed E-state index contributed by atoms with van der Waals surface area (Å²) in [5, 5.41) is 2.32. The third-order valence-electron chi connectivity index (χ3n) is 4.99. The quantitative estimate of drug-likeness (QED) is 0.295. The molecular formula is C23H19F4N5O3S. The average Bonchev–Trinajstić information content (AvgIpc) is 3.16. The first-order valence-electron chi connectivity index (χ1n) is 10.6. The fourth-order valence-electron chi connectivity index (χ4n) is 3.53. The van der Waals surface area contributed by atoms with Gasteiger partial charge in [-0.15, -0.1) is 0 Å². The van der Waals surface area contributed by atoms with Crippen LogP contribution in [0.25, 0.3) is 11.2 Å². The first-order chi connectivity index (χ1) is 17.0. The van der Waals surface area contributed by atoms with E-state index in [2.05, 4.69) is 20.3 Å². The number of nitrogens with one attached hydrogen (secondary N) is 3. The van der Waals surface area contributed by atoms with Gasteiger partial charge in [0.15, 0.2) is 11.5 Å². The van der Waals surface area contributed by atoms with Gasteiger partial charge >= 0.3 is 0 Å². The van der Waals surface area contributed by atoms with E-state index in [-0.39, 0.29) is 29.9 Å². The summed E-state index contributed by atoms with van der Waals surface area (Å²) in [5.74, 6) is -5.13. The smallest absolute Gasteiger partial charge is 0.261 e. The van der Waals surface area contributed by atoms with Crippen molar-refractivity contribution in [1.82, 2.24) is 15.0 Å². The number of pyridine rings is 1. The topological polar surface area (TPSA) is 117 Å². The van der Waals surface area contributed by atoms with Gasteiger partial charge in [0.2, 0.25) is 10.0 Å². The van der Waals surface area contributed by atoms with Crippen molar-refractivity contribution in [3.8, 4) is 0 Å². The van der Waals surface area contributed by atoms with E-state index in [9.17, 15) is 30.8 Å². The van der Waals surface area contributed by atoms with E-state index < -0.39 is 50.5 Å². The molecule has 13 heteroatoms. The number of carbonyl (C=O) groups excluding carboxylic acids is 1. The number of aromatic nitrogens is 3. The maximum absolute atomic E-state index is 14.9. The number of benzene rings is 2. The van der Waals surface area contributed by atoms with Gasteiger partial charge in [-0.25, -0.2) is 35.9 Å². The summed E-state index contributed by atoms with van der Waals surface area (Å²) < 4.78 is 82.0. The summed E-state index contributed by atoms with van der Waals surface area (Å²) in [6.07, 6.45) is 1.55. The fraction of sp³-hybridized carbons (Fsp3) is 0.174. The Morgan fingerprint density at radius 2 is 1.78 bits per heavy atom. The second-order valence-corrected chi connectivity index (χ2v) is 9.73. The van der Waals surface area contributed by atoms with Crippen molar-refractivity contribution in [2.75, 3.05) is 15.8 Å². The maximum atomic E-state index is 14.9. The van der Waals surface area contributed by atoms with Crippen molar-refractivity contribution in [2.24, 2.45) is 0 Å². The largest absolute Gasteiger partial charge is 0.340 e. The number of sulfonamides is 1. The van der Waals surface area contributed by atoms with Crippen LogP contribution < -0.4 is 10.0 Å². The first-order valence-corrected chi connectivity index (χ1v) is 12.3. The Bertz CT molecular complexity index is 1550. The number of fused-ring (bicyclic) bond motifs is 1. The minimum atomic E-state index is -3.88. The van der Waals surface area contributed by atoms with Gasteiger partial charge in [0.25, 0.3) is 5.91 Å². The monoisotopic (exact) mass is 521 g/mol. The van der Waals surface area contributed by atoms with Gasteiger partial charge in [-0.2, -0.15) is 0 Å². The van der Waals surface area contributed by atoms with E-state index in [0.717, 1.165) is 30.3 Å². The van der Waals surface area contributed by atoms with Crippen LogP contribution in [-0.4, -0.2) is 35.0 Å². The lowest BCUT2D eigenvalue weighted by molar-refractivity contribution is 0.101. The Kier molecular flexibility index (Phi) is 6.93. The van der Waals surface area contributed by atoms with Crippen LogP contribution >= 0.6 is 0 Å². The van der Waals surface area contributed by atoms with Crippen LogP contribution in [0.5, 0.6) is 0 Å². The molecule has 0 radical (unpaired) electrons. The number of halogens is 4. The van der Waals surface area contributed by atoms with Gasteiger partial charge in [0.05, 0.1) is 28.8 Å². The standard InChI is InChI=1S/C23H19F4N5O3S/c1-2-5-36(34,35)32-17-4-3-16(26)20(21(17)27)23(33)29-15-10-18-22(28-11-15)31-19(30-18)8-12-6-13(24)9-14(25)7-12/h3-4,6-7,9-11,32H,2,5,8H2,1H3,(H,29,33)(H,28,30,31). The highest BCUT2D eigenvalue weighted by Crippen LogP contribution is 2.24. The number of aromatic amines is 1. The summed E-state index contributed by atoms with van der Waals surface area (Å²) in [6, 6.07) is 6.15. The van der Waals surface area contributed by atoms with E-state index in [1.54, 1.807) is 6.92 Å². The van der Waals surface area contributed by atoms with E-state index in [4.69, 9.17) is 0 Å². The lowest BCUT2D eigenvalue weighted by Gasteiger charge is -2.12. The van der Waals surface area contributed by atoms with Gasteiger partial charge in [0.1, 0.15) is 28.8 Å². The Hall–Kier alpha value is -4.00. The number of nitrogens with zero attached hydrogens (tertiary/aromatic N) is 2. The zero-order valence-corrected chi connectivity index (χ0v) is 19.5. The maximum Gasteiger partial charge on any atom is 0.261 e. The SMILES string of the molecule is CCCS(=O)(=O)Nc1ccc(F)c(C(=O)Nc2cnc3nc(Cc4cc(F)cc(F)c4)[nH]c3c2)c1F. The predicted octanol–water partition coefficient (Wildman–Crippen LogP) is 4.51. The van der Waals surface area contributed by atoms with Crippen LogP contribution in [0.2, 0.25) is 0 Å². The zero-order valence-electron chi connectivity index (χ0n) is 18.7. The molecular weight excluding hydrogens is 502 g/mol. The Balaban J connectivity index is 1.56. The number of rotatable bonds is 8. The first kappa shape index (κ1) is 25.1. The number of amides is 1. The molecule has 0 atom stereocenters. The van der Waals surface area contributed by atoms with Crippen LogP contribution in [0.15, 0.2) is 42.6 Å². The van der Waals surface area contributed by atoms with Gasteiger partial charge in [-0.05, 0) is 42.3 Å². The zero-order chi connectivity index (χ0) is 26.0. The molecule has 2 heterocycles. The molecule has 2 aromatic heterocycles. The van der Waals surface area contributed by atoms with E-state index in [0.29, 0.717) is 16.9 Å². The fourth-order valence-corrected chi connectivity index (χ4v) is 4.66. The molecule has 0 unspecified atom stereocenters. The molecule has 2 aromatic carbocycles. The van der Waals surface area contributed by atoms with Crippen LogP contribution in [-0.2, 0) is 16.4 Å². The molecule has 0 aliphatic heterocycles. The third kappa shape index (κ3) is 5.62. The number of imidazole rings is 1. The molecule has 188 valence electrons. The molecule has 0 aliphatic rings. The molecule has 0 bridgehead atoms. The lowest BCUT2D eigenvalue weighted by Crippen LogP contribution is -2.20. The molecule has 0 saturated carbocycles. The highest BCUT2D eigenvalue weighted by molar-refractivity contribution is 7.92. The number of hydrogen-bond acceptors (Lipinski definition) is 5. The summed E-state index contributed by atoms with van der Waals surface area (Å²) in [4.78, 5) is 23.9. The van der Waals surface area contributed by atoms with Crippen molar-refractivity contribution in [3.05, 3.63) is 82.8 Å². The molecule has 4 aromatic rings. The third-order valence-corrected chi connectivity index (χ3v) is 6.47. The van der Waals surface area contributed by atoms with Crippen molar-refractivity contribution in [1.29, 1.82) is 0 Å². The van der Waals surface area contributed by atoms with Crippen LogP contribution in [0, 0.1) is 23.3 Å². The van der Waals surface area contributed by atoms with Crippen molar-refractivity contribution < 1.29 is 30.8 Å². The molecule has 1 amide bonds. The Morgan fingerprint density at radius 3 is 2.47 bits per heavy atom. The van der Waals surface area contributed by atoms with Gasteiger partial charge in [0, 0.05) is 12.5 Å². The van der Waals surface area contributed by atoms with Crippen molar-refractivity contribution in [3.63, 3.8) is 0 Å². The van der Waals surface area contributed by atoms with Crippen molar-refractivity contribution in [2.45, 2.75) is 19.8 Å². The Labute approximate surface area is 202 Å². The van der Waals surface area contributed by atoms with E-state index in [1.165, 1.54) is 12.3 Å². The highest BCUT2D eigenvalue weighted by Gasteiger charge is 2.23. The van der Waals surface area contributed by atoms with E-state index >= 15 is 0 Å². The number of carbonyl (C=O) groups is 1. The van der Waals surface area contributed by atoms with Crippen LogP contribution in [0.3, 0.4) is 0 Å². The number of anilines is 2. The van der Waals surface area contributed by atoms with E-state index in [1.807, 2.05) is 4.72 Å². The average molecular weight is 521 g/mol. The summed E-state index contributed by atoms with van der Waals surface area (Å²) in [7, 11) is -3.88. The predicted molar refractivity (Wildman–Crippen MR) is 125 cm³/mol. The normalized spacial score (nSPS) is 11.6.